The van der Waals surface area contributed by atoms with E-state index >= 15 is 0 Å². The van der Waals surface area contributed by atoms with E-state index in [9.17, 15) is 14.3 Å². The van der Waals surface area contributed by atoms with Gasteiger partial charge < -0.3 is 20.3 Å². The van der Waals surface area contributed by atoms with Crippen LogP contribution in [0.3, 0.4) is 0 Å². The van der Waals surface area contributed by atoms with Crippen LogP contribution in [0.4, 0.5) is 10.2 Å². The largest absolute Gasteiger partial charge is 0.461 e. The van der Waals surface area contributed by atoms with E-state index in [1.165, 1.54) is 10.9 Å². The van der Waals surface area contributed by atoms with E-state index in [-0.39, 0.29) is 35.9 Å². The van der Waals surface area contributed by atoms with Gasteiger partial charge in [-0.1, -0.05) is 39.0 Å². The summed E-state index contributed by atoms with van der Waals surface area (Å²) in [4.78, 5) is 23.5. The number of nitrogens with two attached hydrogens (primary N) is 1. The highest BCUT2D eigenvalue weighted by Crippen LogP contribution is 2.38. The normalized spacial score (nSPS) is 24.6. The number of esters is 1. The maximum Gasteiger partial charge on any atom is 0.312 e. The molecular weight excluding hydrogens is 393 g/mol. The number of halogens is 1. The number of aliphatic hydroxyl groups excluding tert-OH is 1. The molecule has 0 radical (unpaired) electrons. The second kappa shape index (κ2) is 8.93. The summed E-state index contributed by atoms with van der Waals surface area (Å²) in [5, 5.41) is 10.6. The van der Waals surface area contributed by atoms with Crippen molar-refractivity contribution < 1.29 is 23.8 Å². The second-order valence-electron chi connectivity index (χ2n) is 7.56. The summed E-state index contributed by atoms with van der Waals surface area (Å²) in [7, 11) is 0. The number of nitrogens with zero attached hydrogens (tertiary/aromatic N) is 4. The van der Waals surface area contributed by atoms with Crippen LogP contribution < -0.4 is 5.73 Å². The number of anilines is 1. The number of carbonyl (C=O) groups excluding carboxylic acids is 1. The molecule has 9 nitrogen and oxygen atoms in total. The molecule has 0 aliphatic carbocycles. The van der Waals surface area contributed by atoms with E-state index in [0.717, 1.165) is 25.7 Å². The van der Waals surface area contributed by atoms with Gasteiger partial charge >= 0.3 is 12.0 Å². The fourth-order valence-electron chi connectivity index (χ4n) is 3.48. The van der Waals surface area contributed by atoms with Crippen molar-refractivity contribution in [2.75, 3.05) is 12.3 Å². The molecule has 1 aliphatic rings. The number of imidazole rings is 1. The van der Waals surface area contributed by atoms with Crippen LogP contribution in [-0.2, 0) is 14.3 Å². The van der Waals surface area contributed by atoms with Crippen molar-refractivity contribution in [2.24, 2.45) is 5.92 Å². The van der Waals surface area contributed by atoms with Gasteiger partial charge in [-0.2, -0.15) is 14.4 Å². The standard InChI is InChI=1S/C20H26FN5O4/c1-4-6-7-8-12(3)18(28)29-10-20(5-2)13(27)9-14(30-20)26-11-23-15-16(22)24-19(21)25-17(15)26/h2,11-14,27H,4,6-10H2,1,3H3,(H2,22,24,25)/t12?,13-,14+,20+/m0/s1. The Kier molecular flexibility index (Phi) is 6.53. The molecule has 2 aromatic heterocycles. The predicted molar refractivity (Wildman–Crippen MR) is 106 cm³/mol. The molecule has 0 saturated carbocycles. The fraction of sp³-hybridized carbons (Fsp3) is 0.600. The van der Waals surface area contributed by atoms with Crippen LogP contribution in [0.1, 0.15) is 52.2 Å². The minimum Gasteiger partial charge on any atom is -0.461 e. The highest BCUT2D eigenvalue weighted by Gasteiger charge is 2.49. The number of aliphatic hydroxyl groups is 1. The zero-order chi connectivity index (χ0) is 21.9. The molecule has 162 valence electrons. The van der Waals surface area contributed by atoms with Crippen LogP contribution in [0.2, 0.25) is 0 Å². The third kappa shape index (κ3) is 4.22. The van der Waals surface area contributed by atoms with Gasteiger partial charge in [-0.25, -0.2) is 4.98 Å². The molecule has 1 fully saturated rings. The van der Waals surface area contributed by atoms with E-state index < -0.39 is 30.0 Å². The lowest BCUT2D eigenvalue weighted by molar-refractivity contribution is -0.160. The Balaban J connectivity index is 1.72. The third-order valence-corrected chi connectivity index (χ3v) is 5.36. The zero-order valence-electron chi connectivity index (χ0n) is 17.0. The van der Waals surface area contributed by atoms with Crippen molar-refractivity contribution in [3.05, 3.63) is 12.4 Å². The summed E-state index contributed by atoms with van der Waals surface area (Å²) in [5.74, 6) is 1.64. The summed E-state index contributed by atoms with van der Waals surface area (Å²) in [6.07, 6.45) is 7.92. The maximum atomic E-state index is 13.6. The van der Waals surface area contributed by atoms with Crippen molar-refractivity contribution in [3.8, 4) is 12.3 Å². The van der Waals surface area contributed by atoms with Gasteiger partial charge in [0.15, 0.2) is 22.6 Å². The van der Waals surface area contributed by atoms with Gasteiger partial charge in [0.05, 0.1) is 12.2 Å². The Morgan fingerprint density at radius 3 is 3.03 bits per heavy atom. The van der Waals surface area contributed by atoms with Crippen LogP contribution in [-0.4, -0.2) is 48.9 Å². The second-order valence-corrected chi connectivity index (χ2v) is 7.56. The molecule has 3 N–H and O–H groups in total. The molecule has 3 heterocycles. The number of fused-ring (bicyclic) bond motifs is 1. The quantitative estimate of drug-likeness (QED) is 0.288. The minimum atomic E-state index is -1.53. The van der Waals surface area contributed by atoms with E-state index in [2.05, 4.69) is 27.8 Å². The monoisotopic (exact) mass is 419 g/mol. The van der Waals surface area contributed by atoms with Crippen LogP contribution >= 0.6 is 0 Å². The fourth-order valence-corrected chi connectivity index (χ4v) is 3.48. The molecule has 1 aliphatic heterocycles. The van der Waals surface area contributed by atoms with Gasteiger partial charge in [-0.3, -0.25) is 9.36 Å². The Morgan fingerprint density at radius 1 is 1.57 bits per heavy atom. The van der Waals surface area contributed by atoms with Gasteiger partial charge in [0.25, 0.3) is 0 Å². The first-order valence-corrected chi connectivity index (χ1v) is 9.97. The molecule has 30 heavy (non-hydrogen) atoms. The lowest BCUT2D eigenvalue weighted by Crippen LogP contribution is -2.43. The Labute approximate surface area is 173 Å². The van der Waals surface area contributed by atoms with Crippen molar-refractivity contribution >= 4 is 23.0 Å². The highest BCUT2D eigenvalue weighted by atomic mass is 19.1. The number of nitrogen functional groups attached to an aromatic ring is 1. The Morgan fingerprint density at radius 2 is 2.33 bits per heavy atom. The first kappa shape index (κ1) is 21.9. The average molecular weight is 419 g/mol. The first-order valence-electron chi connectivity index (χ1n) is 9.97. The summed E-state index contributed by atoms with van der Waals surface area (Å²) in [5.41, 5.74) is 4.48. The van der Waals surface area contributed by atoms with Gasteiger partial charge in [-0.05, 0) is 6.42 Å². The molecular formula is C20H26FN5O4. The van der Waals surface area contributed by atoms with Crippen LogP contribution in [0, 0.1) is 24.3 Å². The zero-order valence-corrected chi connectivity index (χ0v) is 17.0. The number of hydrogen-bond donors (Lipinski definition) is 2. The number of carbonyl (C=O) groups is 1. The first-order chi connectivity index (χ1) is 14.3. The predicted octanol–water partition coefficient (Wildman–Crippen LogP) is 1.96. The molecule has 10 heteroatoms. The summed E-state index contributed by atoms with van der Waals surface area (Å²) < 4.78 is 26.3. The summed E-state index contributed by atoms with van der Waals surface area (Å²) >= 11 is 0. The maximum absolute atomic E-state index is 13.6. The summed E-state index contributed by atoms with van der Waals surface area (Å²) in [6.45, 7) is 3.59. The van der Waals surface area contributed by atoms with E-state index in [1.807, 2.05) is 0 Å². The van der Waals surface area contributed by atoms with Crippen LogP contribution in [0.5, 0.6) is 0 Å². The number of unbranched alkanes of at least 4 members (excludes halogenated alkanes) is 2. The van der Waals surface area contributed by atoms with Crippen molar-refractivity contribution in [2.45, 2.75) is 63.9 Å². The molecule has 3 rings (SSSR count). The molecule has 0 amide bonds. The van der Waals surface area contributed by atoms with E-state index in [1.54, 1.807) is 6.92 Å². The number of aromatic nitrogens is 4. The molecule has 1 unspecified atom stereocenters. The Bertz CT molecular complexity index is 959. The van der Waals surface area contributed by atoms with Gasteiger partial charge in [-0.15, -0.1) is 6.42 Å². The molecule has 1 saturated heterocycles. The molecule has 2 aromatic rings. The lowest BCUT2D eigenvalue weighted by atomic mass is 9.98. The molecule has 4 atom stereocenters. The van der Waals surface area contributed by atoms with Gasteiger partial charge in [0.1, 0.15) is 18.9 Å². The smallest absolute Gasteiger partial charge is 0.312 e. The average Bonchev–Trinajstić information content (AvgIpc) is 3.27. The summed E-state index contributed by atoms with van der Waals surface area (Å²) in [6, 6.07) is 0. The van der Waals surface area contributed by atoms with Crippen molar-refractivity contribution in [3.63, 3.8) is 0 Å². The van der Waals surface area contributed by atoms with Crippen LogP contribution in [0.15, 0.2) is 6.33 Å². The molecule has 0 spiro atoms. The highest BCUT2D eigenvalue weighted by molar-refractivity contribution is 5.81. The van der Waals surface area contributed by atoms with Crippen molar-refractivity contribution in [1.29, 1.82) is 0 Å². The molecule has 0 aromatic carbocycles. The number of ether oxygens (including phenoxy) is 2. The van der Waals surface area contributed by atoms with Gasteiger partial charge in [0.2, 0.25) is 0 Å². The topological polar surface area (TPSA) is 125 Å². The third-order valence-electron chi connectivity index (χ3n) is 5.36. The van der Waals surface area contributed by atoms with E-state index in [4.69, 9.17) is 21.6 Å². The SMILES string of the molecule is C#C[C@]1(COC(=O)C(C)CCCCC)O[C@@H](n2cnc3c(N)nc(F)nc32)C[C@@H]1O. The van der Waals surface area contributed by atoms with Crippen LogP contribution in [0.25, 0.3) is 11.2 Å². The van der Waals surface area contributed by atoms with Crippen molar-refractivity contribution in [1.82, 2.24) is 19.5 Å². The lowest BCUT2D eigenvalue weighted by Gasteiger charge is -2.26. The molecule has 0 bridgehead atoms. The number of hydrogen-bond acceptors (Lipinski definition) is 8. The number of terminal acetylenes is 1. The van der Waals surface area contributed by atoms with E-state index in [0.29, 0.717) is 0 Å². The van der Waals surface area contributed by atoms with Gasteiger partial charge in [0, 0.05) is 6.42 Å². The Hall–Kier alpha value is -2.77. The minimum absolute atomic E-state index is 0.0742. The number of rotatable bonds is 8.